The molecule has 0 aliphatic rings. The fraction of sp³-hybridized carbons (Fsp3) is 0.538. The van der Waals surface area contributed by atoms with Crippen LogP contribution in [-0.4, -0.2) is 29.9 Å². The first-order valence-electron chi connectivity index (χ1n) is 6.51. The van der Waals surface area contributed by atoms with Gasteiger partial charge in [0, 0.05) is 11.9 Å². The summed E-state index contributed by atoms with van der Waals surface area (Å²) in [6.45, 7) is 8.92. The fourth-order valence-corrected chi connectivity index (χ4v) is 4.82. The topological polar surface area (TPSA) is 76.3 Å². The maximum absolute atomic E-state index is 12.8. The number of nitrogens with zero attached hydrogens (tertiary/aromatic N) is 3. The van der Waals surface area contributed by atoms with Crippen molar-refractivity contribution >= 4 is 21.4 Å². The zero-order chi connectivity index (χ0) is 15.9. The van der Waals surface area contributed by atoms with Gasteiger partial charge in [-0.2, -0.15) is 4.31 Å². The summed E-state index contributed by atoms with van der Waals surface area (Å²) in [7, 11) is -2.11. The van der Waals surface area contributed by atoms with E-state index in [1.807, 2.05) is 20.8 Å². The number of thiazole rings is 1. The Morgan fingerprint density at radius 3 is 2.29 bits per heavy atom. The van der Waals surface area contributed by atoms with Crippen molar-refractivity contribution < 1.29 is 12.9 Å². The standard InChI is InChI=1S/C13H19N3O3S2/c1-7-13(9(3)19-15-7)21(17,18)16(6)8(2)12-10(4)20-11(5)14-12/h8H,1-6H3/t8-/m1/s1. The van der Waals surface area contributed by atoms with E-state index in [4.69, 9.17) is 4.52 Å². The van der Waals surface area contributed by atoms with E-state index >= 15 is 0 Å². The van der Waals surface area contributed by atoms with Gasteiger partial charge in [0.05, 0.1) is 16.7 Å². The minimum atomic E-state index is -3.67. The van der Waals surface area contributed by atoms with Gasteiger partial charge in [-0.25, -0.2) is 13.4 Å². The van der Waals surface area contributed by atoms with Crippen LogP contribution in [0, 0.1) is 27.7 Å². The number of hydrogen-bond acceptors (Lipinski definition) is 6. The second-order valence-electron chi connectivity index (χ2n) is 5.02. The summed E-state index contributed by atoms with van der Waals surface area (Å²) >= 11 is 1.57. The molecule has 0 unspecified atom stereocenters. The number of sulfonamides is 1. The van der Waals surface area contributed by atoms with Gasteiger partial charge < -0.3 is 4.52 Å². The normalized spacial score (nSPS) is 13.9. The van der Waals surface area contributed by atoms with Crippen LogP contribution < -0.4 is 0 Å². The molecule has 0 spiro atoms. The van der Waals surface area contributed by atoms with Crippen molar-refractivity contribution in [1.29, 1.82) is 0 Å². The summed E-state index contributed by atoms with van der Waals surface area (Å²) in [6, 6.07) is -0.353. The van der Waals surface area contributed by atoms with Gasteiger partial charge in [-0.3, -0.25) is 0 Å². The highest BCUT2D eigenvalue weighted by Gasteiger charge is 2.33. The predicted molar refractivity (Wildman–Crippen MR) is 80.9 cm³/mol. The van der Waals surface area contributed by atoms with Crippen molar-refractivity contribution in [2.45, 2.75) is 45.6 Å². The van der Waals surface area contributed by atoms with Crippen LogP contribution in [0.3, 0.4) is 0 Å². The van der Waals surface area contributed by atoms with Gasteiger partial charge >= 0.3 is 0 Å². The van der Waals surface area contributed by atoms with Crippen LogP contribution in [0.5, 0.6) is 0 Å². The third-order valence-corrected chi connectivity index (χ3v) is 6.56. The Labute approximate surface area is 128 Å². The van der Waals surface area contributed by atoms with Crippen molar-refractivity contribution in [3.05, 3.63) is 27.0 Å². The average Bonchev–Trinajstić information content (AvgIpc) is 2.90. The van der Waals surface area contributed by atoms with Crippen LogP contribution in [0.25, 0.3) is 0 Å². The van der Waals surface area contributed by atoms with Crippen LogP contribution in [-0.2, 0) is 10.0 Å². The quantitative estimate of drug-likeness (QED) is 0.862. The molecule has 6 nitrogen and oxygen atoms in total. The van der Waals surface area contributed by atoms with Gasteiger partial charge in [0.25, 0.3) is 0 Å². The molecule has 2 heterocycles. The van der Waals surface area contributed by atoms with Gasteiger partial charge in [0.15, 0.2) is 5.76 Å². The fourth-order valence-electron chi connectivity index (χ4n) is 2.30. The van der Waals surface area contributed by atoms with Gasteiger partial charge in [-0.05, 0) is 34.6 Å². The number of hydrogen-bond donors (Lipinski definition) is 0. The van der Waals surface area contributed by atoms with Crippen LogP contribution >= 0.6 is 11.3 Å². The van der Waals surface area contributed by atoms with Crippen molar-refractivity contribution in [1.82, 2.24) is 14.4 Å². The van der Waals surface area contributed by atoms with E-state index in [1.165, 1.54) is 4.31 Å². The van der Waals surface area contributed by atoms with E-state index in [0.29, 0.717) is 11.5 Å². The monoisotopic (exact) mass is 329 g/mol. The molecule has 0 saturated heterocycles. The first-order chi connectivity index (χ1) is 9.66. The number of aryl methyl sites for hydroxylation is 4. The van der Waals surface area contributed by atoms with Crippen molar-refractivity contribution in [3.63, 3.8) is 0 Å². The lowest BCUT2D eigenvalue weighted by Crippen LogP contribution is -2.31. The molecule has 8 heteroatoms. The summed E-state index contributed by atoms with van der Waals surface area (Å²) < 4.78 is 31.8. The van der Waals surface area contributed by atoms with Crippen molar-refractivity contribution in [3.8, 4) is 0 Å². The van der Waals surface area contributed by atoms with Gasteiger partial charge in [-0.15, -0.1) is 11.3 Å². The molecule has 2 rings (SSSR count). The van der Waals surface area contributed by atoms with E-state index in [0.717, 1.165) is 15.6 Å². The van der Waals surface area contributed by atoms with Crippen LogP contribution in [0.4, 0.5) is 0 Å². The van der Waals surface area contributed by atoms with E-state index in [9.17, 15) is 8.42 Å². The zero-order valence-corrected chi connectivity index (χ0v) is 14.6. The molecule has 21 heavy (non-hydrogen) atoms. The number of rotatable bonds is 4. The van der Waals surface area contributed by atoms with Crippen LogP contribution in [0.1, 0.15) is 40.0 Å². The first kappa shape index (κ1) is 16.1. The third-order valence-electron chi connectivity index (χ3n) is 3.49. The minimum Gasteiger partial charge on any atom is -0.360 e. The molecule has 0 saturated carbocycles. The van der Waals surface area contributed by atoms with E-state index in [-0.39, 0.29) is 10.9 Å². The lowest BCUT2D eigenvalue weighted by Gasteiger charge is -2.23. The van der Waals surface area contributed by atoms with Crippen molar-refractivity contribution in [2.75, 3.05) is 7.05 Å². The largest absolute Gasteiger partial charge is 0.360 e. The molecule has 0 bridgehead atoms. The molecule has 2 aromatic heterocycles. The Balaban J connectivity index is 2.43. The molecule has 1 atom stereocenters. The first-order valence-corrected chi connectivity index (χ1v) is 8.76. The molecule has 0 fully saturated rings. The molecule has 0 aromatic carbocycles. The summed E-state index contributed by atoms with van der Waals surface area (Å²) in [5.74, 6) is 0.303. The molecule has 0 amide bonds. The molecule has 0 aliphatic heterocycles. The molecule has 0 aliphatic carbocycles. The number of aromatic nitrogens is 2. The van der Waals surface area contributed by atoms with Crippen LogP contribution in [0.15, 0.2) is 9.42 Å². The van der Waals surface area contributed by atoms with E-state index in [2.05, 4.69) is 10.1 Å². The zero-order valence-electron chi connectivity index (χ0n) is 13.0. The Bertz CT molecular complexity index is 742. The second-order valence-corrected chi connectivity index (χ2v) is 8.37. The summed E-state index contributed by atoms with van der Waals surface area (Å²) in [5, 5.41) is 4.65. The lowest BCUT2D eigenvalue weighted by atomic mass is 10.2. The highest BCUT2D eigenvalue weighted by Crippen LogP contribution is 2.31. The van der Waals surface area contributed by atoms with Crippen molar-refractivity contribution in [2.24, 2.45) is 0 Å². The predicted octanol–water partition coefficient (Wildman–Crippen LogP) is 2.75. The lowest BCUT2D eigenvalue weighted by molar-refractivity contribution is 0.382. The maximum atomic E-state index is 12.8. The average molecular weight is 329 g/mol. The maximum Gasteiger partial charge on any atom is 0.248 e. The Hall–Kier alpha value is -1.25. The van der Waals surface area contributed by atoms with Gasteiger partial charge in [-0.1, -0.05) is 5.16 Å². The Kier molecular flexibility index (Phi) is 4.23. The highest BCUT2D eigenvalue weighted by atomic mass is 32.2. The van der Waals surface area contributed by atoms with Crippen LogP contribution in [0.2, 0.25) is 0 Å². The van der Waals surface area contributed by atoms with Gasteiger partial charge in [0.2, 0.25) is 10.0 Å². The Morgan fingerprint density at radius 2 is 1.86 bits per heavy atom. The van der Waals surface area contributed by atoms with Gasteiger partial charge in [0.1, 0.15) is 10.6 Å². The molecule has 2 aromatic rings. The van der Waals surface area contributed by atoms with E-state index in [1.54, 1.807) is 32.2 Å². The summed E-state index contributed by atoms with van der Waals surface area (Å²) in [4.78, 5) is 5.61. The highest BCUT2D eigenvalue weighted by molar-refractivity contribution is 7.89. The smallest absolute Gasteiger partial charge is 0.248 e. The Morgan fingerprint density at radius 1 is 1.24 bits per heavy atom. The second kappa shape index (κ2) is 5.51. The third kappa shape index (κ3) is 2.75. The summed E-state index contributed by atoms with van der Waals surface area (Å²) in [5.41, 5.74) is 1.16. The SMILES string of the molecule is Cc1nc([C@@H](C)N(C)S(=O)(=O)c2c(C)noc2C)c(C)s1. The molecular formula is C13H19N3O3S2. The molecule has 0 N–H and O–H groups in total. The molecule has 116 valence electrons. The summed E-state index contributed by atoms with van der Waals surface area (Å²) in [6.07, 6.45) is 0. The van der Waals surface area contributed by atoms with E-state index < -0.39 is 10.0 Å². The minimum absolute atomic E-state index is 0.140. The molecule has 0 radical (unpaired) electrons. The molecular weight excluding hydrogens is 310 g/mol.